The first-order valence-electron chi connectivity index (χ1n) is 9.59. The molecular formula is C24H21FN2O2. The molecule has 1 heterocycles. The Labute approximate surface area is 168 Å². The molecule has 146 valence electrons. The van der Waals surface area contributed by atoms with E-state index in [0.29, 0.717) is 17.0 Å². The molecule has 0 aliphatic heterocycles. The third-order valence-electron chi connectivity index (χ3n) is 5.66. The molecule has 0 bridgehead atoms. The molecule has 2 aromatic carbocycles. The monoisotopic (exact) mass is 388 g/mol. The van der Waals surface area contributed by atoms with E-state index >= 15 is 0 Å². The highest BCUT2D eigenvalue weighted by Crippen LogP contribution is 2.53. The van der Waals surface area contributed by atoms with Crippen molar-refractivity contribution in [1.29, 1.82) is 5.26 Å². The Hall–Kier alpha value is -3.23. The van der Waals surface area contributed by atoms with Crippen LogP contribution in [-0.4, -0.2) is 11.7 Å². The Morgan fingerprint density at radius 3 is 2.34 bits per heavy atom. The number of nitriles is 1. The smallest absolute Gasteiger partial charge is 0.253 e. The van der Waals surface area contributed by atoms with Crippen molar-refractivity contribution in [2.75, 3.05) is 7.11 Å². The van der Waals surface area contributed by atoms with E-state index < -0.39 is 5.72 Å². The van der Waals surface area contributed by atoms with Gasteiger partial charge in [-0.05, 0) is 54.7 Å². The van der Waals surface area contributed by atoms with Gasteiger partial charge in [-0.2, -0.15) is 5.26 Å². The lowest BCUT2D eigenvalue weighted by Crippen LogP contribution is -2.48. The van der Waals surface area contributed by atoms with Gasteiger partial charge in [0.15, 0.2) is 5.72 Å². The second-order valence-corrected chi connectivity index (χ2v) is 7.37. The van der Waals surface area contributed by atoms with Crippen molar-refractivity contribution in [3.8, 4) is 6.07 Å². The summed E-state index contributed by atoms with van der Waals surface area (Å²) in [7, 11) is 1.59. The van der Waals surface area contributed by atoms with Gasteiger partial charge in [0.2, 0.25) is 0 Å². The van der Waals surface area contributed by atoms with Gasteiger partial charge in [0.05, 0.1) is 11.6 Å². The molecular weight excluding hydrogens is 367 g/mol. The average Bonchev–Trinajstić information content (AvgIpc) is 3.58. The maximum absolute atomic E-state index is 13.7. The van der Waals surface area contributed by atoms with Crippen LogP contribution in [0, 0.1) is 23.1 Å². The predicted molar refractivity (Wildman–Crippen MR) is 108 cm³/mol. The quantitative estimate of drug-likeness (QED) is 0.629. The van der Waals surface area contributed by atoms with E-state index in [1.165, 1.54) is 18.2 Å². The Kier molecular flexibility index (Phi) is 5.04. The van der Waals surface area contributed by atoms with Crippen molar-refractivity contribution in [3.05, 3.63) is 106 Å². The molecule has 29 heavy (non-hydrogen) atoms. The van der Waals surface area contributed by atoms with Crippen molar-refractivity contribution in [1.82, 2.24) is 4.57 Å². The summed E-state index contributed by atoms with van der Waals surface area (Å²) in [6.45, 7) is 0. The topological polar surface area (TPSA) is 55.0 Å². The van der Waals surface area contributed by atoms with E-state index in [9.17, 15) is 9.18 Å². The molecule has 1 aliphatic rings. The van der Waals surface area contributed by atoms with Crippen LogP contribution in [0.3, 0.4) is 0 Å². The number of nitrogens with zero attached hydrogens (tertiary/aromatic N) is 2. The lowest BCUT2D eigenvalue weighted by atomic mass is 9.79. The first kappa shape index (κ1) is 19.1. The highest BCUT2D eigenvalue weighted by atomic mass is 19.1. The molecule has 4 nitrogen and oxygen atoms in total. The van der Waals surface area contributed by atoms with Gasteiger partial charge in [-0.3, -0.25) is 9.36 Å². The molecule has 3 aromatic rings. The zero-order chi connectivity index (χ0) is 20.4. The molecule has 1 aliphatic carbocycles. The highest BCUT2D eigenvalue weighted by molar-refractivity contribution is 5.38. The average molecular weight is 388 g/mol. The lowest BCUT2D eigenvalue weighted by Gasteiger charge is -2.42. The van der Waals surface area contributed by atoms with Crippen LogP contribution < -0.4 is 5.56 Å². The zero-order valence-corrected chi connectivity index (χ0v) is 16.1. The van der Waals surface area contributed by atoms with E-state index in [4.69, 9.17) is 10.00 Å². The van der Waals surface area contributed by atoms with E-state index in [1.807, 2.05) is 12.1 Å². The number of hydrogen-bond acceptors (Lipinski definition) is 3. The molecule has 0 amide bonds. The Morgan fingerprint density at radius 2 is 1.79 bits per heavy atom. The molecule has 1 fully saturated rings. The number of aromatic nitrogens is 1. The Balaban J connectivity index is 1.99. The van der Waals surface area contributed by atoms with E-state index in [0.717, 1.165) is 18.4 Å². The van der Waals surface area contributed by atoms with E-state index in [1.54, 1.807) is 54.3 Å². The summed E-state index contributed by atoms with van der Waals surface area (Å²) in [5.41, 5.74) is 0.925. The van der Waals surface area contributed by atoms with Gasteiger partial charge in [0, 0.05) is 30.9 Å². The number of benzene rings is 2. The normalized spacial score (nSPS) is 16.6. The molecule has 2 atom stereocenters. The summed E-state index contributed by atoms with van der Waals surface area (Å²) in [4.78, 5) is 12.9. The molecule has 1 aromatic heterocycles. The summed E-state index contributed by atoms with van der Waals surface area (Å²) >= 11 is 0. The van der Waals surface area contributed by atoms with Crippen LogP contribution in [0.5, 0.6) is 0 Å². The molecule has 0 saturated heterocycles. The predicted octanol–water partition coefficient (Wildman–Crippen LogP) is 4.40. The van der Waals surface area contributed by atoms with Gasteiger partial charge < -0.3 is 4.74 Å². The third-order valence-corrected chi connectivity index (χ3v) is 5.66. The van der Waals surface area contributed by atoms with Crippen molar-refractivity contribution >= 4 is 0 Å². The number of halogens is 1. The van der Waals surface area contributed by atoms with Crippen molar-refractivity contribution in [3.63, 3.8) is 0 Å². The van der Waals surface area contributed by atoms with Gasteiger partial charge in [0.25, 0.3) is 5.56 Å². The summed E-state index contributed by atoms with van der Waals surface area (Å²) in [6, 6.07) is 20.7. The molecule has 0 radical (unpaired) electrons. The lowest BCUT2D eigenvalue weighted by molar-refractivity contribution is -0.0730. The second kappa shape index (κ2) is 7.65. The summed E-state index contributed by atoms with van der Waals surface area (Å²) in [6.07, 6.45) is 3.74. The maximum atomic E-state index is 13.7. The fourth-order valence-electron chi connectivity index (χ4n) is 4.21. The first-order chi connectivity index (χ1) is 14.1. The van der Waals surface area contributed by atoms with Crippen LogP contribution in [0.15, 0.2) is 77.7 Å². The largest absolute Gasteiger partial charge is 0.353 e. The molecule has 4 rings (SSSR count). The van der Waals surface area contributed by atoms with E-state index in [2.05, 4.69) is 6.07 Å². The molecule has 2 unspecified atom stereocenters. The summed E-state index contributed by atoms with van der Waals surface area (Å²) in [5.74, 6) is -0.216. The minimum atomic E-state index is -1.14. The molecule has 0 N–H and O–H groups in total. The maximum Gasteiger partial charge on any atom is 0.253 e. The SMILES string of the molecule is COC(c1ccc(F)cc1)(C(c1ccc(C#N)cc1)C1CC1)n1ccccc1=O. The molecule has 5 heteroatoms. The third kappa shape index (κ3) is 3.37. The van der Waals surface area contributed by atoms with Gasteiger partial charge in [-0.15, -0.1) is 0 Å². The number of pyridine rings is 1. The van der Waals surface area contributed by atoms with Crippen LogP contribution in [0.2, 0.25) is 0 Å². The van der Waals surface area contributed by atoms with E-state index in [-0.39, 0.29) is 17.3 Å². The summed E-state index contributed by atoms with van der Waals surface area (Å²) in [5, 5.41) is 9.16. The molecule has 0 spiro atoms. The second-order valence-electron chi connectivity index (χ2n) is 7.37. The number of rotatable bonds is 6. The van der Waals surface area contributed by atoms with Crippen molar-refractivity contribution in [2.24, 2.45) is 5.92 Å². The Morgan fingerprint density at radius 1 is 1.10 bits per heavy atom. The summed E-state index contributed by atoms with van der Waals surface area (Å²) < 4.78 is 21.5. The van der Waals surface area contributed by atoms with Gasteiger partial charge in [-0.25, -0.2) is 4.39 Å². The minimum Gasteiger partial charge on any atom is -0.353 e. The highest BCUT2D eigenvalue weighted by Gasteiger charge is 2.51. The fourth-order valence-corrected chi connectivity index (χ4v) is 4.21. The number of ether oxygens (including phenoxy) is 1. The van der Waals surface area contributed by atoms with Crippen LogP contribution in [-0.2, 0) is 10.5 Å². The van der Waals surface area contributed by atoms with Crippen molar-refractivity contribution < 1.29 is 9.13 Å². The van der Waals surface area contributed by atoms with Crippen LogP contribution in [0.4, 0.5) is 4.39 Å². The molecule has 1 saturated carbocycles. The van der Waals surface area contributed by atoms with Crippen LogP contribution >= 0.6 is 0 Å². The number of methoxy groups -OCH3 is 1. The van der Waals surface area contributed by atoms with Gasteiger partial charge in [0.1, 0.15) is 5.82 Å². The minimum absolute atomic E-state index is 0.175. The zero-order valence-electron chi connectivity index (χ0n) is 16.1. The van der Waals surface area contributed by atoms with Gasteiger partial charge in [-0.1, -0.05) is 30.3 Å². The number of hydrogen-bond donors (Lipinski definition) is 0. The van der Waals surface area contributed by atoms with Crippen LogP contribution in [0.25, 0.3) is 0 Å². The standard InChI is InChI=1S/C24H21FN2O2/c1-29-24(20-11-13-21(25)14-12-20,27-15-3-2-4-22(27)28)23(19-9-10-19)18-7-5-17(16-26)6-8-18/h2-8,11-15,19,23H,9-10H2,1H3. The van der Waals surface area contributed by atoms with Crippen LogP contribution in [0.1, 0.15) is 35.4 Å². The fraction of sp³-hybridized carbons (Fsp3) is 0.250. The Bertz CT molecular complexity index is 1100. The van der Waals surface area contributed by atoms with Gasteiger partial charge >= 0.3 is 0 Å². The first-order valence-corrected chi connectivity index (χ1v) is 9.59. The van der Waals surface area contributed by atoms with Crippen molar-refractivity contribution in [2.45, 2.75) is 24.5 Å².